The van der Waals surface area contributed by atoms with E-state index in [0.717, 1.165) is 0 Å². The molecule has 0 spiro atoms. The molecular formula is C18H22N6O3. The van der Waals surface area contributed by atoms with Crippen molar-refractivity contribution in [2.45, 2.75) is 0 Å². The summed E-state index contributed by atoms with van der Waals surface area (Å²) in [4.78, 5) is 36.4. The Kier molecular flexibility index (Phi) is 6.03. The molecule has 9 nitrogen and oxygen atoms in total. The molecule has 3 rings (SSSR count). The number of nitrogens with one attached hydrogen (secondary N) is 2. The zero-order valence-corrected chi connectivity index (χ0v) is 15.1. The Bertz CT molecular complexity index is 778. The second-order valence-corrected chi connectivity index (χ2v) is 5.96. The zero-order chi connectivity index (χ0) is 19.1. The van der Waals surface area contributed by atoms with E-state index in [-0.39, 0.29) is 18.5 Å². The molecule has 1 saturated heterocycles. The van der Waals surface area contributed by atoms with Crippen LogP contribution in [0, 0.1) is 0 Å². The van der Waals surface area contributed by atoms with Gasteiger partial charge in [0.2, 0.25) is 11.9 Å². The van der Waals surface area contributed by atoms with E-state index in [1.54, 1.807) is 54.7 Å². The highest BCUT2D eigenvalue weighted by atomic mass is 16.5. The van der Waals surface area contributed by atoms with Crippen LogP contribution in [-0.4, -0.2) is 66.6 Å². The number of carbonyl (C=O) groups excluding carboxylic acids is 2. The molecule has 142 valence electrons. The third kappa shape index (κ3) is 5.06. The van der Waals surface area contributed by atoms with Crippen molar-refractivity contribution in [3.8, 4) is 5.75 Å². The topological polar surface area (TPSA) is 99.7 Å². The molecule has 27 heavy (non-hydrogen) atoms. The van der Waals surface area contributed by atoms with E-state index >= 15 is 0 Å². The number of anilines is 2. The monoisotopic (exact) mass is 370 g/mol. The van der Waals surface area contributed by atoms with Gasteiger partial charge < -0.3 is 25.2 Å². The predicted octanol–water partition coefficient (Wildman–Crippen LogP) is 0.955. The molecule has 2 N–H and O–H groups in total. The van der Waals surface area contributed by atoms with Crippen molar-refractivity contribution in [1.29, 1.82) is 0 Å². The summed E-state index contributed by atoms with van der Waals surface area (Å²) < 4.78 is 5.11. The maximum absolute atomic E-state index is 12.3. The van der Waals surface area contributed by atoms with Crippen molar-refractivity contribution >= 4 is 23.6 Å². The van der Waals surface area contributed by atoms with Gasteiger partial charge in [-0.25, -0.2) is 14.8 Å². The normalized spacial score (nSPS) is 13.8. The van der Waals surface area contributed by atoms with Gasteiger partial charge in [0.25, 0.3) is 0 Å². The van der Waals surface area contributed by atoms with Crippen LogP contribution in [0.4, 0.5) is 16.4 Å². The number of methoxy groups -OCH3 is 1. The fourth-order valence-electron chi connectivity index (χ4n) is 2.74. The van der Waals surface area contributed by atoms with E-state index < -0.39 is 0 Å². The number of nitrogens with zero attached hydrogens (tertiary/aromatic N) is 4. The highest BCUT2D eigenvalue weighted by Crippen LogP contribution is 2.16. The molecule has 1 aromatic heterocycles. The number of carbonyl (C=O) groups is 2. The number of benzene rings is 1. The third-order valence-corrected chi connectivity index (χ3v) is 4.16. The van der Waals surface area contributed by atoms with Crippen LogP contribution in [0.25, 0.3) is 0 Å². The highest BCUT2D eigenvalue weighted by Gasteiger charge is 2.22. The molecule has 0 saturated carbocycles. The number of hydrogen-bond donors (Lipinski definition) is 2. The molecule has 1 fully saturated rings. The highest BCUT2D eigenvalue weighted by molar-refractivity contribution is 5.94. The standard InChI is InChI=1S/C18H22N6O3/c1-27-15-5-2-4-14(12-15)22-16(25)13-21-18(26)24-10-8-23(9-11-24)17-19-6-3-7-20-17/h2-7,12H,8-11,13H2,1H3,(H,21,26)(H,22,25). The lowest BCUT2D eigenvalue weighted by Gasteiger charge is -2.34. The molecule has 1 aliphatic rings. The fourth-order valence-corrected chi connectivity index (χ4v) is 2.74. The molecule has 3 amide bonds. The van der Waals surface area contributed by atoms with Gasteiger partial charge in [0.05, 0.1) is 13.7 Å². The van der Waals surface area contributed by atoms with Gasteiger partial charge in [0, 0.05) is 50.3 Å². The lowest BCUT2D eigenvalue weighted by Crippen LogP contribution is -2.53. The maximum atomic E-state index is 12.3. The first-order valence-corrected chi connectivity index (χ1v) is 8.64. The summed E-state index contributed by atoms with van der Waals surface area (Å²) in [5, 5.41) is 5.38. The van der Waals surface area contributed by atoms with Crippen molar-refractivity contribution < 1.29 is 14.3 Å². The molecule has 0 bridgehead atoms. The second kappa shape index (κ2) is 8.84. The van der Waals surface area contributed by atoms with Crippen molar-refractivity contribution in [2.24, 2.45) is 0 Å². The van der Waals surface area contributed by atoms with Gasteiger partial charge in [-0.15, -0.1) is 0 Å². The van der Waals surface area contributed by atoms with Gasteiger partial charge in [-0.05, 0) is 18.2 Å². The van der Waals surface area contributed by atoms with Gasteiger partial charge in [-0.2, -0.15) is 0 Å². The summed E-state index contributed by atoms with van der Waals surface area (Å²) in [6.45, 7) is 2.28. The summed E-state index contributed by atoms with van der Waals surface area (Å²) in [6.07, 6.45) is 3.39. The van der Waals surface area contributed by atoms with E-state index in [9.17, 15) is 9.59 Å². The first-order chi connectivity index (χ1) is 13.2. The van der Waals surface area contributed by atoms with Crippen LogP contribution in [0.2, 0.25) is 0 Å². The van der Waals surface area contributed by atoms with Crippen LogP contribution in [0.1, 0.15) is 0 Å². The minimum absolute atomic E-state index is 0.0992. The molecule has 0 radical (unpaired) electrons. The lowest BCUT2D eigenvalue weighted by atomic mass is 10.3. The molecule has 9 heteroatoms. The average Bonchev–Trinajstić information content (AvgIpc) is 2.73. The van der Waals surface area contributed by atoms with Gasteiger partial charge in [0.1, 0.15) is 5.75 Å². The number of rotatable bonds is 5. The molecule has 1 aromatic carbocycles. The summed E-state index contributed by atoms with van der Waals surface area (Å²) in [5.74, 6) is 1.01. The number of piperazine rings is 1. The summed E-state index contributed by atoms with van der Waals surface area (Å²) in [7, 11) is 1.56. The Labute approximate surface area is 157 Å². The second-order valence-electron chi connectivity index (χ2n) is 5.96. The van der Waals surface area contributed by atoms with Crippen molar-refractivity contribution in [1.82, 2.24) is 20.2 Å². The van der Waals surface area contributed by atoms with E-state index in [1.165, 1.54) is 0 Å². The van der Waals surface area contributed by atoms with E-state index in [1.807, 2.05) is 4.90 Å². The van der Waals surface area contributed by atoms with Crippen LogP contribution in [0.3, 0.4) is 0 Å². The zero-order valence-electron chi connectivity index (χ0n) is 15.1. The SMILES string of the molecule is COc1cccc(NC(=O)CNC(=O)N2CCN(c3ncccn3)CC2)c1. The predicted molar refractivity (Wildman–Crippen MR) is 101 cm³/mol. The molecule has 0 atom stereocenters. The minimum Gasteiger partial charge on any atom is -0.497 e. The fraction of sp³-hybridized carbons (Fsp3) is 0.333. The van der Waals surface area contributed by atoms with Gasteiger partial charge in [0.15, 0.2) is 0 Å². The number of urea groups is 1. The smallest absolute Gasteiger partial charge is 0.317 e. The number of hydrogen-bond acceptors (Lipinski definition) is 6. The van der Waals surface area contributed by atoms with Crippen LogP contribution in [0.15, 0.2) is 42.7 Å². The number of ether oxygens (including phenoxy) is 1. The number of amides is 3. The maximum Gasteiger partial charge on any atom is 0.317 e. The van der Waals surface area contributed by atoms with Crippen molar-refractivity contribution in [2.75, 3.05) is 50.1 Å². The van der Waals surface area contributed by atoms with Crippen LogP contribution < -0.4 is 20.3 Å². The third-order valence-electron chi connectivity index (χ3n) is 4.16. The molecule has 2 heterocycles. The number of aromatic nitrogens is 2. The van der Waals surface area contributed by atoms with Crippen molar-refractivity contribution in [3.05, 3.63) is 42.7 Å². The Hall–Kier alpha value is -3.36. The summed E-state index contributed by atoms with van der Waals surface area (Å²) in [5.41, 5.74) is 0.616. The first-order valence-electron chi connectivity index (χ1n) is 8.64. The summed E-state index contributed by atoms with van der Waals surface area (Å²) >= 11 is 0. The van der Waals surface area contributed by atoms with Crippen molar-refractivity contribution in [3.63, 3.8) is 0 Å². The van der Waals surface area contributed by atoms with Gasteiger partial charge >= 0.3 is 6.03 Å². The average molecular weight is 370 g/mol. The van der Waals surface area contributed by atoms with E-state index in [4.69, 9.17) is 4.74 Å². The molecule has 0 aliphatic carbocycles. The largest absolute Gasteiger partial charge is 0.497 e. The molecule has 1 aliphatic heterocycles. The minimum atomic E-state index is -0.298. The van der Waals surface area contributed by atoms with Crippen LogP contribution in [0.5, 0.6) is 5.75 Å². The Morgan fingerprint density at radius 3 is 2.56 bits per heavy atom. The summed E-state index contributed by atoms with van der Waals surface area (Å²) in [6, 6.07) is 8.55. The Balaban J connectivity index is 1.42. The molecular weight excluding hydrogens is 348 g/mol. The van der Waals surface area contributed by atoms with Crippen LogP contribution >= 0.6 is 0 Å². The molecule has 0 unspecified atom stereocenters. The van der Waals surface area contributed by atoms with Crippen LogP contribution in [-0.2, 0) is 4.79 Å². The first kappa shape index (κ1) is 18.4. The Morgan fingerprint density at radius 2 is 1.85 bits per heavy atom. The van der Waals surface area contributed by atoms with E-state index in [0.29, 0.717) is 43.6 Å². The Morgan fingerprint density at radius 1 is 1.11 bits per heavy atom. The molecule has 2 aromatic rings. The van der Waals surface area contributed by atoms with Gasteiger partial charge in [-0.3, -0.25) is 4.79 Å². The quantitative estimate of drug-likeness (QED) is 0.813. The van der Waals surface area contributed by atoms with Gasteiger partial charge in [-0.1, -0.05) is 6.07 Å². The lowest BCUT2D eigenvalue weighted by molar-refractivity contribution is -0.115. The van der Waals surface area contributed by atoms with E-state index in [2.05, 4.69) is 20.6 Å².